The number of nitrogens with zero attached hydrogens (tertiary/aromatic N) is 4. The van der Waals surface area contributed by atoms with Gasteiger partial charge < -0.3 is 5.11 Å². The molecule has 0 saturated carbocycles. The van der Waals surface area contributed by atoms with E-state index in [9.17, 15) is 5.11 Å². The van der Waals surface area contributed by atoms with Gasteiger partial charge >= 0.3 is 0 Å². The second-order valence-corrected chi connectivity index (χ2v) is 4.65. The molecule has 0 amide bonds. The van der Waals surface area contributed by atoms with Gasteiger partial charge in [-0.1, -0.05) is 6.92 Å². The van der Waals surface area contributed by atoms with Gasteiger partial charge in [0.05, 0.1) is 11.9 Å². The molecule has 0 radical (unpaired) electrons. The summed E-state index contributed by atoms with van der Waals surface area (Å²) in [5.41, 5.74) is 3.56. The first-order valence-electron chi connectivity index (χ1n) is 6.25. The van der Waals surface area contributed by atoms with Crippen LogP contribution < -0.4 is 0 Å². The van der Waals surface area contributed by atoms with Crippen molar-refractivity contribution in [1.29, 1.82) is 0 Å². The van der Waals surface area contributed by atoms with Crippen molar-refractivity contribution in [3.05, 3.63) is 34.9 Å². The summed E-state index contributed by atoms with van der Waals surface area (Å²) in [5, 5.41) is 19.0. The third-order valence-electron chi connectivity index (χ3n) is 3.26. The molecule has 0 fully saturated rings. The van der Waals surface area contributed by atoms with E-state index in [2.05, 4.69) is 17.1 Å². The first-order chi connectivity index (χ1) is 8.54. The van der Waals surface area contributed by atoms with E-state index in [-0.39, 0.29) is 0 Å². The van der Waals surface area contributed by atoms with Crippen molar-refractivity contribution in [2.45, 2.75) is 39.8 Å². The Hall–Kier alpha value is -1.62. The molecule has 0 aliphatic heterocycles. The van der Waals surface area contributed by atoms with Gasteiger partial charge in [-0.3, -0.25) is 9.36 Å². The number of aryl methyl sites for hydroxylation is 3. The van der Waals surface area contributed by atoms with E-state index in [1.165, 1.54) is 0 Å². The minimum absolute atomic E-state index is 0.649. The summed E-state index contributed by atoms with van der Waals surface area (Å²) in [6.07, 6.45) is 4.01. The molecule has 2 rings (SSSR count). The zero-order chi connectivity index (χ0) is 13.3. The lowest BCUT2D eigenvalue weighted by Crippen LogP contribution is -2.02. The van der Waals surface area contributed by atoms with E-state index in [1.54, 1.807) is 10.9 Å². The second-order valence-electron chi connectivity index (χ2n) is 4.65. The zero-order valence-corrected chi connectivity index (χ0v) is 11.4. The van der Waals surface area contributed by atoms with E-state index < -0.39 is 6.10 Å². The van der Waals surface area contributed by atoms with E-state index in [0.717, 1.165) is 35.5 Å². The number of aliphatic hydroxyl groups excluding tert-OH is 1. The topological polar surface area (TPSA) is 55.9 Å². The molecule has 0 aromatic carbocycles. The number of hydrogen-bond donors (Lipinski definition) is 1. The maximum absolute atomic E-state index is 10.4. The van der Waals surface area contributed by atoms with Gasteiger partial charge in [0.2, 0.25) is 0 Å². The fourth-order valence-corrected chi connectivity index (χ4v) is 2.22. The Bertz CT molecular complexity index is 541. The first-order valence-corrected chi connectivity index (χ1v) is 6.25. The van der Waals surface area contributed by atoms with E-state index in [0.29, 0.717) is 0 Å². The van der Waals surface area contributed by atoms with Gasteiger partial charge in [-0.05, 0) is 20.3 Å². The van der Waals surface area contributed by atoms with E-state index in [1.807, 2.05) is 31.8 Å². The minimum Gasteiger partial charge on any atom is -0.383 e. The summed E-state index contributed by atoms with van der Waals surface area (Å²) in [5.74, 6) is 0. The average Bonchev–Trinajstić information content (AvgIpc) is 2.86. The van der Waals surface area contributed by atoms with Crippen LogP contribution in [0.1, 0.15) is 42.0 Å². The van der Waals surface area contributed by atoms with Crippen molar-refractivity contribution in [3.8, 4) is 0 Å². The number of aromatic nitrogens is 4. The highest BCUT2D eigenvalue weighted by molar-refractivity contribution is 5.33. The smallest absolute Gasteiger partial charge is 0.111 e. The van der Waals surface area contributed by atoms with Gasteiger partial charge in [0.25, 0.3) is 0 Å². The SMILES string of the molecule is CCCn1cc(C(O)c2c(C)nn(C)c2C)cn1. The van der Waals surface area contributed by atoms with Crippen LogP contribution in [0.2, 0.25) is 0 Å². The summed E-state index contributed by atoms with van der Waals surface area (Å²) < 4.78 is 3.66. The maximum Gasteiger partial charge on any atom is 0.111 e. The van der Waals surface area contributed by atoms with Crippen LogP contribution in [0.5, 0.6) is 0 Å². The number of hydrogen-bond acceptors (Lipinski definition) is 3. The molecule has 0 spiro atoms. The highest BCUT2D eigenvalue weighted by Crippen LogP contribution is 2.26. The predicted molar refractivity (Wildman–Crippen MR) is 69.3 cm³/mol. The van der Waals surface area contributed by atoms with Crippen LogP contribution in [0, 0.1) is 13.8 Å². The average molecular weight is 248 g/mol. The van der Waals surface area contributed by atoms with E-state index in [4.69, 9.17) is 0 Å². The molecule has 2 aromatic heterocycles. The largest absolute Gasteiger partial charge is 0.383 e. The molecule has 98 valence electrons. The van der Waals surface area contributed by atoms with Crippen molar-refractivity contribution < 1.29 is 5.11 Å². The van der Waals surface area contributed by atoms with Crippen LogP contribution >= 0.6 is 0 Å². The molecular formula is C13H20N4O. The second kappa shape index (κ2) is 4.94. The molecule has 0 aliphatic carbocycles. The Balaban J connectivity index is 2.32. The van der Waals surface area contributed by atoms with Crippen LogP contribution in [0.15, 0.2) is 12.4 Å². The van der Waals surface area contributed by atoms with Crippen molar-refractivity contribution in [1.82, 2.24) is 19.6 Å². The molecule has 5 nitrogen and oxygen atoms in total. The first kappa shape index (κ1) is 12.8. The van der Waals surface area contributed by atoms with Crippen LogP contribution in [0.3, 0.4) is 0 Å². The van der Waals surface area contributed by atoms with Crippen molar-refractivity contribution in [3.63, 3.8) is 0 Å². The number of aliphatic hydroxyl groups is 1. The van der Waals surface area contributed by atoms with Crippen molar-refractivity contribution >= 4 is 0 Å². The number of rotatable bonds is 4. The quantitative estimate of drug-likeness (QED) is 0.896. The van der Waals surface area contributed by atoms with Crippen LogP contribution in [-0.4, -0.2) is 24.7 Å². The third-order valence-corrected chi connectivity index (χ3v) is 3.26. The van der Waals surface area contributed by atoms with Gasteiger partial charge in [-0.2, -0.15) is 10.2 Å². The van der Waals surface area contributed by atoms with Crippen LogP contribution in [0.4, 0.5) is 0 Å². The summed E-state index contributed by atoms with van der Waals surface area (Å²) in [6, 6.07) is 0. The Morgan fingerprint density at radius 1 is 1.39 bits per heavy atom. The molecule has 0 saturated heterocycles. The summed E-state index contributed by atoms with van der Waals surface area (Å²) in [7, 11) is 1.89. The fourth-order valence-electron chi connectivity index (χ4n) is 2.22. The molecule has 1 N–H and O–H groups in total. The third kappa shape index (κ3) is 2.18. The van der Waals surface area contributed by atoms with Gasteiger partial charge in [0.15, 0.2) is 0 Å². The molecule has 2 heterocycles. The molecule has 0 bridgehead atoms. The lowest BCUT2D eigenvalue weighted by molar-refractivity contribution is 0.218. The van der Waals surface area contributed by atoms with Crippen LogP contribution in [0.25, 0.3) is 0 Å². The lowest BCUT2D eigenvalue weighted by Gasteiger charge is -2.09. The molecule has 18 heavy (non-hydrogen) atoms. The lowest BCUT2D eigenvalue weighted by atomic mass is 10.0. The van der Waals surface area contributed by atoms with Crippen LogP contribution in [-0.2, 0) is 13.6 Å². The molecule has 0 aliphatic rings. The van der Waals surface area contributed by atoms with Gasteiger partial charge in [0.1, 0.15) is 6.10 Å². The summed E-state index contributed by atoms with van der Waals surface area (Å²) in [4.78, 5) is 0. The van der Waals surface area contributed by atoms with Gasteiger partial charge in [-0.15, -0.1) is 0 Å². The Kier molecular flexibility index (Phi) is 3.52. The molecule has 5 heteroatoms. The minimum atomic E-state index is -0.649. The fraction of sp³-hybridized carbons (Fsp3) is 0.538. The monoisotopic (exact) mass is 248 g/mol. The molecular weight excluding hydrogens is 228 g/mol. The van der Waals surface area contributed by atoms with E-state index >= 15 is 0 Å². The highest BCUT2D eigenvalue weighted by atomic mass is 16.3. The normalized spacial score (nSPS) is 12.9. The Morgan fingerprint density at radius 2 is 2.11 bits per heavy atom. The molecule has 2 aromatic rings. The summed E-state index contributed by atoms with van der Waals surface area (Å²) in [6.45, 7) is 6.86. The standard InChI is InChI=1S/C13H20N4O/c1-5-6-17-8-11(7-14-17)13(18)12-9(2)15-16(4)10(12)3/h7-8,13,18H,5-6H2,1-4H3. The summed E-state index contributed by atoms with van der Waals surface area (Å²) >= 11 is 0. The molecule has 1 unspecified atom stereocenters. The van der Waals surface area contributed by atoms with Gasteiger partial charge in [-0.25, -0.2) is 0 Å². The van der Waals surface area contributed by atoms with Crippen molar-refractivity contribution in [2.24, 2.45) is 7.05 Å². The zero-order valence-electron chi connectivity index (χ0n) is 11.4. The maximum atomic E-state index is 10.4. The Morgan fingerprint density at radius 3 is 2.67 bits per heavy atom. The van der Waals surface area contributed by atoms with Gasteiger partial charge in [0, 0.05) is 36.6 Å². The Labute approximate surface area is 107 Å². The predicted octanol–water partition coefficient (Wildman–Crippen LogP) is 1.73. The molecule has 1 atom stereocenters. The highest BCUT2D eigenvalue weighted by Gasteiger charge is 2.20. The van der Waals surface area contributed by atoms with Crippen molar-refractivity contribution in [2.75, 3.05) is 0 Å².